The van der Waals surface area contributed by atoms with Crippen LogP contribution in [0.3, 0.4) is 0 Å². The van der Waals surface area contributed by atoms with Gasteiger partial charge in [0.05, 0.1) is 0 Å². The highest BCUT2D eigenvalue weighted by atomic mass is 14.0. The van der Waals surface area contributed by atoms with Gasteiger partial charge in [-0.25, -0.2) is 0 Å². The Morgan fingerprint density at radius 3 is 0.654 bits per heavy atom. The molecule has 140 valence electrons. The molecule has 0 radical (unpaired) electrons. The van der Waals surface area contributed by atoms with Gasteiger partial charge in [0.1, 0.15) is 0 Å². The summed E-state index contributed by atoms with van der Waals surface area (Å²) in [6.07, 6.45) is 22.2. The van der Waals surface area contributed by atoms with Gasteiger partial charge in [0.15, 0.2) is 0 Å². The summed E-state index contributed by atoms with van der Waals surface area (Å²) in [4.78, 5) is 0. The van der Waals surface area contributed by atoms with E-state index in [2.05, 4.69) is 47.4 Å². The molecule has 0 spiro atoms. The lowest BCUT2D eigenvalue weighted by atomic mass is 10.1. The van der Waals surface area contributed by atoms with Crippen molar-refractivity contribution in [3.05, 3.63) is 0 Å². The minimum atomic E-state index is 1.01. The highest BCUT2D eigenvalue weighted by Gasteiger charge is 1.92. The molecule has 0 aromatic heterocycles. The molecule has 0 amide bonds. The van der Waals surface area contributed by atoms with Crippen molar-refractivity contribution >= 4 is 0 Å². The Hall–Kier alpha value is -1.76. The average Bonchev–Trinajstić information content (AvgIpc) is 2.65. The average molecular weight is 349 g/mol. The number of hydrogen-bond acceptors (Lipinski definition) is 0. The maximum Gasteiger partial charge on any atom is 0.00989 e. The summed E-state index contributed by atoms with van der Waals surface area (Å²) < 4.78 is 0. The molecule has 1 aliphatic rings. The van der Waals surface area contributed by atoms with E-state index in [0.717, 1.165) is 25.7 Å². The van der Waals surface area contributed by atoms with Crippen LogP contribution in [-0.4, -0.2) is 0 Å². The molecule has 0 saturated carbocycles. The first-order valence-electron chi connectivity index (χ1n) is 10.9. The van der Waals surface area contributed by atoms with Gasteiger partial charge in [-0.05, 0) is 49.4 Å². The van der Waals surface area contributed by atoms with Crippen LogP contribution < -0.4 is 0 Å². The van der Waals surface area contributed by atoms with Gasteiger partial charge in [-0.2, -0.15) is 0 Å². The lowest BCUT2D eigenvalue weighted by molar-refractivity contribution is 0.587. The fourth-order valence-corrected chi connectivity index (χ4v) is 3.05. The molecule has 1 rings (SSSR count). The van der Waals surface area contributed by atoms with Gasteiger partial charge in [0.25, 0.3) is 0 Å². The highest BCUT2D eigenvalue weighted by Crippen LogP contribution is 2.10. The van der Waals surface area contributed by atoms with E-state index in [0.29, 0.717) is 0 Å². The summed E-state index contributed by atoms with van der Waals surface area (Å²) in [5.41, 5.74) is 0. The monoisotopic (exact) mass is 348 g/mol. The van der Waals surface area contributed by atoms with E-state index < -0.39 is 0 Å². The summed E-state index contributed by atoms with van der Waals surface area (Å²) >= 11 is 0. The Balaban J connectivity index is 2.23. The molecule has 0 bridgehead atoms. The van der Waals surface area contributed by atoms with Crippen molar-refractivity contribution in [3.8, 4) is 47.4 Å². The summed E-state index contributed by atoms with van der Waals surface area (Å²) in [6, 6.07) is 0. The van der Waals surface area contributed by atoms with Gasteiger partial charge in [0.2, 0.25) is 0 Å². The van der Waals surface area contributed by atoms with Crippen molar-refractivity contribution < 1.29 is 0 Å². The van der Waals surface area contributed by atoms with Crippen LogP contribution in [0.15, 0.2) is 0 Å². The topological polar surface area (TPSA) is 0 Å². The van der Waals surface area contributed by atoms with Crippen LogP contribution in [0.1, 0.15) is 116 Å². The Labute approximate surface area is 163 Å². The smallest absolute Gasteiger partial charge is 0.00989 e. The van der Waals surface area contributed by atoms with E-state index in [1.807, 2.05) is 0 Å². The molecule has 26 heavy (non-hydrogen) atoms. The summed E-state index contributed by atoms with van der Waals surface area (Å²) in [5, 5.41) is 0. The molecule has 0 aliphatic heterocycles. The number of rotatable bonds is 0. The van der Waals surface area contributed by atoms with Gasteiger partial charge in [-0.3, -0.25) is 0 Å². The molecule has 0 heterocycles. The first-order chi connectivity index (χ1) is 13.0. The molecular formula is C26H36. The van der Waals surface area contributed by atoms with Crippen molar-refractivity contribution in [3.63, 3.8) is 0 Å². The molecule has 0 aromatic rings. The Morgan fingerprint density at radius 2 is 0.423 bits per heavy atom. The molecule has 0 heteroatoms. The van der Waals surface area contributed by atoms with Crippen molar-refractivity contribution in [2.45, 2.75) is 116 Å². The zero-order valence-electron chi connectivity index (χ0n) is 16.7. The van der Waals surface area contributed by atoms with Crippen molar-refractivity contribution in [1.82, 2.24) is 0 Å². The zero-order valence-corrected chi connectivity index (χ0v) is 16.7. The molecule has 1 aliphatic carbocycles. The molecular weight excluding hydrogens is 312 g/mol. The molecule has 0 aromatic carbocycles. The minimum Gasteiger partial charge on any atom is -0.0891 e. The zero-order chi connectivity index (χ0) is 18.4. The fourth-order valence-electron chi connectivity index (χ4n) is 3.05. The summed E-state index contributed by atoms with van der Waals surface area (Å²) in [6.45, 7) is 0. The van der Waals surface area contributed by atoms with Crippen LogP contribution in [0, 0.1) is 47.4 Å². The van der Waals surface area contributed by atoms with Crippen LogP contribution >= 0.6 is 0 Å². The summed E-state index contributed by atoms with van der Waals surface area (Å²) in [5.74, 6) is 24.8. The molecule has 0 unspecified atom stereocenters. The minimum absolute atomic E-state index is 1.01. The van der Waals surface area contributed by atoms with Crippen molar-refractivity contribution in [2.75, 3.05) is 0 Å². The molecule has 0 saturated heterocycles. The van der Waals surface area contributed by atoms with E-state index in [1.54, 1.807) is 0 Å². The molecule has 0 fully saturated rings. The van der Waals surface area contributed by atoms with Gasteiger partial charge < -0.3 is 0 Å². The van der Waals surface area contributed by atoms with Crippen LogP contribution in [0.2, 0.25) is 0 Å². The standard InChI is InChI=1S/C26H36/c1-2-4-6-8-10-12-14-16-18-20-22-24-26-25-23-21-19-17-15-13-11-9-7-5-3-1/h1-9,18-26H2. The maximum absolute atomic E-state index is 3.20. The highest BCUT2D eigenvalue weighted by molar-refractivity contribution is 5.26. The predicted molar refractivity (Wildman–Crippen MR) is 114 cm³/mol. The number of hydrogen-bond donors (Lipinski definition) is 0. The molecule has 0 nitrogen and oxygen atoms in total. The lowest BCUT2D eigenvalue weighted by Crippen LogP contribution is -1.81. The third-order valence-electron chi connectivity index (χ3n) is 4.69. The lowest BCUT2D eigenvalue weighted by Gasteiger charge is -1.99. The maximum atomic E-state index is 3.20. The van der Waals surface area contributed by atoms with E-state index in [9.17, 15) is 0 Å². The van der Waals surface area contributed by atoms with E-state index in [1.165, 1.54) is 89.9 Å². The molecule has 0 N–H and O–H groups in total. The van der Waals surface area contributed by atoms with Gasteiger partial charge in [0, 0.05) is 25.7 Å². The predicted octanol–water partition coefficient (Wildman–Crippen LogP) is 7.04. The van der Waals surface area contributed by atoms with Crippen molar-refractivity contribution in [2.24, 2.45) is 0 Å². The van der Waals surface area contributed by atoms with Crippen LogP contribution in [0.5, 0.6) is 0 Å². The largest absolute Gasteiger partial charge is 0.0891 e. The fraction of sp³-hybridized carbons (Fsp3) is 0.692. The SMILES string of the molecule is C1#CCCCCCCCCCC#CC#CCCCCCCCCCC#C1. The third kappa shape index (κ3) is 17.1. The van der Waals surface area contributed by atoms with Crippen molar-refractivity contribution in [1.29, 1.82) is 0 Å². The van der Waals surface area contributed by atoms with Crippen LogP contribution in [-0.2, 0) is 0 Å². The first-order valence-corrected chi connectivity index (χ1v) is 10.9. The second-order valence-corrected chi connectivity index (χ2v) is 7.16. The summed E-state index contributed by atoms with van der Waals surface area (Å²) in [7, 11) is 0. The van der Waals surface area contributed by atoms with Crippen LogP contribution in [0.4, 0.5) is 0 Å². The van der Waals surface area contributed by atoms with E-state index in [4.69, 9.17) is 0 Å². The normalized spacial score (nSPS) is 19.1. The Bertz CT molecular complexity index is 458. The van der Waals surface area contributed by atoms with Gasteiger partial charge >= 0.3 is 0 Å². The second kappa shape index (κ2) is 19.6. The third-order valence-corrected chi connectivity index (χ3v) is 4.69. The molecule has 0 atom stereocenters. The quantitative estimate of drug-likeness (QED) is 0.412. The Morgan fingerprint density at radius 1 is 0.231 bits per heavy atom. The second-order valence-electron chi connectivity index (χ2n) is 7.16. The Kier molecular flexibility index (Phi) is 16.8. The first kappa shape index (κ1) is 22.3. The van der Waals surface area contributed by atoms with E-state index in [-0.39, 0.29) is 0 Å². The van der Waals surface area contributed by atoms with Gasteiger partial charge in [-0.1, -0.05) is 87.9 Å². The van der Waals surface area contributed by atoms with E-state index >= 15 is 0 Å². The van der Waals surface area contributed by atoms with Gasteiger partial charge in [-0.15, -0.1) is 0 Å². The van der Waals surface area contributed by atoms with Crippen LogP contribution in [0.25, 0.3) is 0 Å².